The first-order valence-corrected chi connectivity index (χ1v) is 13.5. The number of ether oxygens (including phenoxy) is 2. The lowest BCUT2D eigenvalue weighted by atomic mass is 9.93. The van der Waals surface area contributed by atoms with Crippen molar-refractivity contribution in [2.24, 2.45) is 5.92 Å². The Labute approximate surface area is 221 Å². The van der Waals surface area contributed by atoms with E-state index in [-0.39, 0.29) is 31.6 Å². The maximum atomic E-state index is 12.3. The molecule has 10 nitrogen and oxygen atoms in total. The summed E-state index contributed by atoms with van der Waals surface area (Å²) in [6.45, 7) is 3.95. The molecule has 3 N–H and O–H groups in total. The maximum Gasteiger partial charge on any atom is 0.239 e. The summed E-state index contributed by atoms with van der Waals surface area (Å²) in [6.07, 6.45) is 1.16. The van der Waals surface area contributed by atoms with Gasteiger partial charge in [-0.25, -0.2) is 4.21 Å². The second-order valence-corrected chi connectivity index (χ2v) is 10.2. The third kappa shape index (κ3) is 8.56. The number of hydrogen-bond acceptors (Lipinski definition) is 6. The molecule has 1 fully saturated rings. The fraction of sp³-hybridized carbons (Fsp3) is 0.538. The van der Waals surface area contributed by atoms with Gasteiger partial charge in [0.2, 0.25) is 23.1 Å². The van der Waals surface area contributed by atoms with Gasteiger partial charge in [0.1, 0.15) is 0 Å². The SMILES string of the molecule is COC(CNC(=O)CNC(=O)CN(CC1CCN(C(C)c2cccc3ccccc23)CC1)S(=O)O)OC. The first kappa shape index (κ1) is 29.2. The van der Waals surface area contributed by atoms with Gasteiger partial charge in [0.05, 0.1) is 19.6 Å². The van der Waals surface area contributed by atoms with Gasteiger partial charge in [0, 0.05) is 26.8 Å². The van der Waals surface area contributed by atoms with Crippen LogP contribution in [0, 0.1) is 5.92 Å². The summed E-state index contributed by atoms with van der Waals surface area (Å²) in [5.41, 5.74) is 1.30. The molecule has 2 aromatic rings. The van der Waals surface area contributed by atoms with Gasteiger partial charge in [0.15, 0.2) is 6.29 Å². The fourth-order valence-corrected chi connectivity index (χ4v) is 5.29. The summed E-state index contributed by atoms with van der Waals surface area (Å²) in [7, 11) is 2.92. The highest BCUT2D eigenvalue weighted by molar-refractivity contribution is 7.76. The number of rotatable bonds is 13. The molecule has 204 valence electrons. The average molecular weight is 535 g/mol. The van der Waals surface area contributed by atoms with Gasteiger partial charge in [0.25, 0.3) is 0 Å². The third-order valence-electron chi connectivity index (χ3n) is 6.91. The normalized spacial score (nSPS) is 16.7. The van der Waals surface area contributed by atoms with Gasteiger partial charge < -0.3 is 20.1 Å². The van der Waals surface area contributed by atoms with E-state index >= 15 is 0 Å². The van der Waals surface area contributed by atoms with Crippen LogP contribution in [0.4, 0.5) is 0 Å². The third-order valence-corrected chi connectivity index (χ3v) is 7.63. The van der Waals surface area contributed by atoms with Gasteiger partial charge in [-0.05, 0) is 55.1 Å². The molecule has 1 aliphatic rings. The molecule has 2 unspecified atom stereocenters. The summed E-state index contributed by atoms with van der Waals surface area (Å²) in [5, 5.41) is 7.57. The second kappa shape index (κ2) is 14.5. The second-order valence-electron chi connectivity index (χ2n) is 9.26. The van der Waals surface area contributed by atoms with Crippen molar-refractivity contribution in [2.45, 2.75) is 32.1 Å². The van der Waals surface area contributed by atoms with Crippen molar-refractivity contribution in [3.63, 3.8) is 0 Å². The number of benzene rings is 2. The first-order valence-electron chi connectivity index (χ1n) is 12.5. The van der Waals surface area contributed by atoms with Crippen LogP contribution >= 0.6 is 0 Å². The van der Waals surface area contributed by atoms with E-state index in [9.17, 15) is 18.4 Å². The molecule has 0 aromatic heterocycles. The number of piperidine rings is 1. The van der Waals surface area contributed by atoms with Crippen molar-refractivity contribution in [2.75, 3.05) is 53.5 Å². The van der Waals surface area contributed by atoms with Gasteiger partial charge in [-0.15, -0.1) is 0 Å². The molecular weight excluding hydrogens is 496 g/mol. The van der Waals surface area contributed by atoms with E-state index in [0.717, 1.165) is 25.9 Å². The molecule has 1 aliphatic heterocycles. The molecule has 1 saturated heterocycles. The molecule has 0 bridgehead atoms. The molecule has 0 saturated carbocycles. The van der Waals surface area contributed by atoms with E-state index in [1.54, 1.807) is 0 Å². The zero-order chi connectivity index (χ0) is 26.8. The number of nitrogens with one attached hydrogen (secondary N) is 2. The van der Waals surface area contributed by atoms with Crippen molar-refractivity contribution in [3.8, 4) is 0 Å². The standard InChI is InChI=1S/C26H38N4O6S/c1-19(22-10-6-8-21-7-4-5-9-23(21)22)29-13-11-20(12-14-29)17-30(37(33)34)18-25(32)27-15-24(31)28-16-26(35-2)36-3/h4-10,19-20,26H,11-18H2,1-3H3,(H,27,32)(H,28,31)(H,33,34). The first-order chi connectivity index (χ1) is 17.8. The van der Waals surface area contributed by atoms with Crippen LogP contribution in [-0.4, -0.2) is 89.6 Å². The largest absolute Gasteiger partial charge is 0.354 e. The predicted molar refractivity (Wildman–Crippen MR) is 143 cm³/mol. The molecule has 1 heterocycles. The number of fused-ring (bicyclic) bond motifs is 1. The Hall–Kier alpha value is -2.41. The summed E-state index contributed by atoms with van der Waals surface area (Å²) >= 11 is -2.29. The lowest BCUT2D eigenvalue weighted by molar-refractivity contribution is -0.129. The minimum Gasteiger partial charge on any atom is -0.354 e. The van der Waals surface area contributed by atoms with Crippen molar-refractivity contribution in [1.29, 1.82) is 0 Å². The van der Waals surface area contributed by atoms with E-state index in [2.05, 4.69) is 58.9 Å². The van der Waals surface area contributed by atoms with E-state index in [0.29, 0.717) is 6.54 Å². The summed E-state index contributed by atoms with van der Waals surface area (Å²) in [4.78, 5) is 26.7. The number of carbonyl (C=O) groups is 2. The number of amides is 2. The zero-order valence-corrected chi connectivity index (χ0v) is 22.5. The van der Waals surface area contributed by atoms with Crippen LogP contribution in [0.1, 0.15) is 31.4 Å². The minimum atomic E-state index is -2.29. The van der Waals surface area contributed by atoms with Crippen LogP contribution < -0.4 is 10.6 Å². The predicted octanol–water partition coefficient (Wildman–Crippen LogP) is 1.90. The molecule has 2 aromatic carbocycles. The Morgan fingerprint density at radius 1 is 1.08 bits per heavy atom. The van der Waals surface area contributed by atoms with E-state index in [1.807, 2.05) is 6.07 Å². The van der Waals surface area contributed by atoms with Crippen molar-refractivity contribution >= 4 is 33.9 Å². The Morgan fingerprint density at radius 3 is 2.43 bits per heavy atom. The zero-order valence-electron chi connectivity index (χ0n) is 21.7. The van der Waals surface area contributed by atoms with Gasteiger partial charge in [-0.2, -0.15) is 4.31 Å². The number of nitrogens with zero attached hydrogens (tertiary/aromatic N) is 2. The number of methoxy groups -OCH3 is 2. The van der Waals surface area contributed by atoms with Crippen LogP contribution in [0.15, 0.2) is 42.5 Å². The molecule has 0 aliphatic carbocycles. The van der Waals surface area contributed by atoms with E-state index in [4.69, 9.17) is 9.47 Å². The Kier molecular flexibility index (Phi) is 11.4. The molecule has 3 rings (SSSR count). The van der Waals surface area contributed by atoms with Gasteiger partial charge >= 0.3 is 0 Å². The van der Waals surface area contributed by atoms with Crippen LogP contribution in [0.3, 0.4) is 0 Å². The topological polar surface area (TPSA) is 120 Å². The van der Waals surface area contributed by atoms with Crippen LogP contribution in [-0.2, 0) is 30.3 Å². The molecule has 2 atom stereocenters. The van der Waals surface area contributed by atoms with Gasteiger partial charge in [-0.1, -0.05) is 42.5 Å². The monoisotopic (exact) mass is 534 g/mol. The molecule has 2 amide bonds. The Morgan fingerprint density at radius 2 is 1.76 bits per heavy atom. The highest BCUT2D eigenvalue weighted by Gasteiger charge is 2.27. The Balaban J connectivity index is 1.45. The molecule has 11 heteroatoms. The van der Waals surface area contributed by atoms with Gasteiger partial charge in [-0.3, -0.25) is 19.0 Å². The van der Waals surface area contributed by atoms with Crippen LogP contribution in [0.25, 0.3) is 10.8 Å². The highest BCUT2D eigenvalue weighted by atomic mass is 32.2. The van der Waals surface area contributed by atoms with E-state index in [1.165, 1.54) is 34.9 Å². The molecule has 37 heavy (non-hydrogen) atoms. The summed E-state index contributed by atoms with van der Waals surface area (Å²) in [5.74, 6) is -0.699. The summed E-state index contributed by atoms with van der Waals surface area (Å²) in [6, 6.07) is 15.1. The lowest BCUT2D eigenvalue weighted by Gasteiger charge is -2.37. The van der Waals surface area contributed by atoms with Crippen molar-refractivity contribution < 1.29 is 27.8 Å². The number of likely N-dealkylation sites (tertiary alicyclic amines) is 1. The Bertz CT molecular complexity index is 1050. The maximum absolute atomic E-state index is 12.3. The number of carbonyl (C=O) groups excluding carboxylic acids is 2. The minimum absolute atomic E-state index is 0.145. The lowest BCUT2D eigenvalue weighted by Crippen LogP contribution is -2.46. The number of hydrogen-bond donors (Lipinski definition) is 3. The highest BCUT2D eigenvalue weighted by Crippen LogP contribution is 2.31. The van der Waals surface area contributed by atoms with Crippen LogP contribution in [0.2, 0.25) is 0 Å². The van der Waals surface area contributed by atoms with Crippen molar-refractivity contribution in [3.05, 3.63) is 48.0 Å². The van der Waals surface area contributed by atoms with Crippen LogP contribution in [0.5, 0.6) is 0 Å². The molecular formula is C26H38N4O6S. The van der Waals surface area contributed by atoms with Crippen molar-refractivity contribution in [1.82, 2.24) is 19.8 Å². The quantitative estimate of drug-likeness (QED) is 0.265. The molecule has 0 radical (unpaired) electrons. The van der Waals surface area contributed by atoms with E-state index < -0.39 is 29.4 Å². The fourth-order valence-electron chi connectivity index (χ4n) is 4.72. The summed E-state index contributed by atoms with van der Waals surface area (Å²) < 4.78 is 32.9. The molecule has 0 spiro atoms. The smallest absolute Gasteiger partial charge is 0.239 e. The average Bonchev–Trinajstić information content (AvgIpc) is 2.91.